The summed E-state index contributed by atoms with van der Waals surface area (Å²) in [5.41, 5.74) is 9.38. The number of H-pyrrole nitrogens is 1. The maximum absolute atomic E-state index is 6.28. The van der Waals surface area contributed by atoms with Crippen LogP contribution in [0.1, 0.15) is 19.3 Å². The number of hydrogen-bond donors (Lipinski definition) is 2. The maximum Gasteiger partial charge on any atom is 0.0672 e. The molecule has 5 nitrogen and oxygen atoms in total. The SMILES string of the molecule is CN1CCCC2CN(c3cc4[nH]ncc4cc3N)CCC21. The van der Waals surface area contributed by atoms with E-state index in [-0.39, 0.29) is 0 Å². The Labute approximate surface area is 125 Å². The van der Waals surface area contributed by atoms with Gasteiger partial charge >= 0.3 is 0 Å². The van der Waals surface area contributed by atoms with Gasteiger partial charge in [0.1, 0.15) is 0 Å². The average molecular weight is 285 g/mol. The van der Waals surface area contributed by atoms with Crippen LogP contribution in [0, 0.1) is 5.92 Å². The summed E-state index contributed by atoms with van der Waals surface area (Å²) in [6.45, 7) is 3.47. The molecule has 2 aliphatic rings. The molecule has 0 bridgehead atoms. The number of piperidine rings is 2. The molecular weight excluding hydrogens is 262 g/mol. The van der Waals surface area contributed by atoms with Crippen LogP contribution in [0.3, 0.4) is 0 Å². The minimum absolute atomic E-state index is 0.757. The molecule has 21 heavy (non-hydrogen) atoms. The average Bonchev–Trinajstić information content (AvgIpc) is 2.93. The summed E-state index contributed by atoms with van der Waals surface area (Å²) in [6, 6.07) is 4.95. The lowest BCUT2D eigenvalue weighted by molar-refractivity contribution is 0.102. The molecule has 0 saturated carbocycles. The Morgan fingerprint density at radius 3 is 3.10 bits per heavy atom. The molecule has 1 aromatic carbocycles. The second kappa shape index (κ2) is 4.91. The molecule has 0 aliphatic carbocycles. The van der Waals surface area contributed by atoms with Crippen molar-refractivity contribution in [2.24, 2.45) is 5.92 Å². The highest BCUT2D eigenvalue weighted by Gasteiger charge is 2.34. The van der Waals surface area contributed by atoms with Gasteiger partial charge < -0.3 is 15.5 Å². The van der Waals surface area contributed by atoms with Crippen LogP contribution in [0.2, 0.25) is 0 Å². The van der Waals surface area contributed by atoms with Crippen molar-refractivity contribution in [2.45, 2.75) is 25.3 Å². The van der Waals surface area contributed by atoms with Gasteiger partial charge in [-0.15, -0.1) is 0 Å². The van der Waals surface area contributed by atoms with E-state index < -0.39 is 0 Å². The van der Waals surface area contributed by atoms with Gasteiger partial charge in [0.15, 0.2) is 0 Å². The molecule has 2 aliphatic heterocycles. The molecule has 0 radical (unpaired) electrons. The fourth-order valence-corrected chi connectivity index (χ4v) is 4.14. The van der Waals surface area contributed by atoms with Crippen molar-refractivity contribution in [3.05, 3.63) is 18.3 Å². The van der Waals surface area contributed by atoms with Crippen LogP contribution >= 0.6 is 0 Å². The van der Waals surface area contributed by atoms with Crippen molar-refractivity contribution >= 4 is 22.3 Å². The number of aromatic nitrogens is 2. The Balaban J connectivity index is 1.62. The standard InChI is InChI=1S/C16H23N5/c1-20-5-2-3-11-10-21(6-4-15(11)20)16-8-14-12(7-13(16)17)9-18-19-14/h7-9,11,15H,2-6,10,17H2,1H3,(H,18,19). The molecule has 2 atom stereocenters. The van der Waals surface area contributed by atoms with Gasteiger partial charge in [-0.25, -0.2) is 0 Å². The molecule has 3 heterocycles. The highest BCUT2D eigenvalue weighted by atomic mass is 15.2. The van der Waals surface area contributed by atoms with E-state index in [9.17, 15) is 0 Å². The molecule has 2 fully saturated rings. The number of nitrogens with one attached hydrogen (secondary N) is 1. The summed E-state index contributed by atoms with van der Waals surface area (Å²) in [4.78, 5) is 5.02. The van der Waals surface area contributed by atoms with Crippen molar-refractivity contribution in [1.29, 1.82) is 0 Å². The zero-order valence-corrected chi connectivity index (χ0v) is 12.5. The monoisotopic (exact) mass is 285 g/mol. The molecule has 0 spiro atoms. The van der Waals surface area contributed by atoms with Crippen LogP contribution in [0.25, 0.3) is 10.9 Å². The molecule has 2 unspecified atom stereocenters. The predicted molar refractivity (Wildman–Crippen MR) is 86.5 cm³/mol. The van der Waals surface area contributed by atoms with Gasteiger partial charge in [-0.2, -0.15) is 5.10 Å². The van der Waals surface area contributed by atoms with Crippen molar-refractivity contribution in [1.82, 2.24) is 15.1 Å². The number of fused-ring (bicyclic) bond motifs is 2. The van der Waals surface area contributed by atoms with E-state index in [1.807, 2.05) is 12.3 Å². The van der Waals surface area contributed by atoms with E-state index in [0.29, 0.717) is 0 Å². The van der Waals surface area contributed by atoms with E-state index in [4.69, 9.17) is 5.73 Å². The lowest BCUT2D eigenvalue weighted by Crippen LogP contribution is -2.52. The molecule has 5 heteroatoms. The number of benzene rings is 1. The third-order valence-corrected chi connectivity index (χ3v) is 5.27. The van der Waals surface area contributed by atoms with Crippen LogP contribution in [0.4, 0.5) is 11.4 Å². The van der Waals surface area contributed by atoms with Gasteiger partial charge in [0, 0.05) is 24.5 Å². The molecule has 0 amide bonds. The van der Waals surface area contributed by atoms with E-state index in [2.05, 4.69) is 33.1 Å². The number of rotatable bonds is 1. The Hall–Kier alpha value is -1.75. The fraction of sp³-hybridized carbons (Fsp3) is 0.562. The number of nitrogens with two attached hydrogens (primary N) is 1. The zero-order chi connectivity index (χ0) is 14.4. The first-order valence-corrected chi connectivity index (χ1v) is 7.90. The summed E-state index contributed by atoms with van der Waals surface area (Å²) >= 11 is 0. The van der Waals surface area contributed by atoms with Crippen LogP contribution in [-0.2, 0) is 0 Å². The predicted octanol–water partition coefficient (Wildman–Crippen LogP) is 2.07. The second-order valence-electron chi connectivity index (χ2n) is 6.55. The Morgan fingerprint density at radius 2 is 2.19 bits per heavy atom. The van der Waals surface area contributed by atoms with Crippen molar-refractivity contribution in [3.63, 3.8) is 0 Å². The molecule has 2 saturated heterocycles. The molecule has 3 N–H and O–H groups in total. The Kier molecular flexibility index (Phi) is 3.03. The Morgan fingerprint density at radius 1 is 1.29 bits per heavy atom. The minimum atomic E-state index is 0.757. The third kappa shape index (κ3) is 2.16. The fourth-order valence-electron chi connectivity index (χ4n) is 4.14. The van der Waals surface area contributed by atoms with E-state index in [1.165, 1.54) is 31.5 Å². The Bertz CT molecular complexity index is 649. The summed E-state index contributed by atoms with van der Waals surface area (Å²) in [7, 11) is 2.28. The quantitative estimate of drug-likeness (QED) is 0.787. The molecule has 1 aromatic heterocycles. The third-order valence-electron chi connectivity index (χ3n) is 5.27. The van der Waals surface area contributed by atoms with Gasteiger partial charge in [-0.1, -0.05) is 0 Å². The second-order valence-corrected chi connectivity index (χ2v) is 6.55. The number of anilines is 2. The zero-order valence-electron chi connectivity index (χ0n) is 12.5. The number of aromatic amines is 1. The molecular formula is C16H23N5. The number of hydrogen-bond acceptors (Lipinski definition) is 4. The molecule has 4 rings (SSSR count). The maximum atomic E-state index is 6.28. The van der Waals surface area contributed by atoms with Gasteiger partial charge in [-0.05, 0) is 50.9 Å². The van der Waals surface area contributed by atoms with Crippen LogP contribution in [0.15, 0.2) is 18.3 Å². The number of nitrogens with zero attached hydrogens (tertiary/aromatic N) is 3. The van der Waals surface area contributed by atoms with Gasteiger partial charge in [0.25, 0.3) is 0 Å². The van der Waals surface area contributed by atoms with Crippen LogP contribution < -0.4 is 10.6 Å². The summed E-state index contributed by atoms with van der Waals surface area (Å²) in [6.07, 6.45) is 5.73. The summed E-state index contributed by atoms with van der Waals surface area (Å²) in [5, 5.41) is 8.23. The van der Waals surface area contributed by atoms with Crippen molar-refractivity contribution < 1.29 is 0 Å². The van der Waals surface area contributed by atoms with E-state index >= 15 is 0 Å². The summed E-state index contributed by atoms with van der Waals surface area (Å²) < 4.78 is 0. The number of nitrogen functional groups attached to an aromatic ring is 1. The largest absolute Gasteiger partial charge is 0.397 e. The molecule has 2 aromatic rings. The van der Waals surface area contributed by atoms with E-state index in [0.717, 1.165) is 41.6 Å². The highest BCUT2D eigenvalue weighted by molar-refractivity contribution is 5.88. The van der Waals surface area contributed by atoms with E-state index in [1.54, 1.807) is 0 Å². The summed E-state index contributed by atoms with van der Waals surface area (Å²) in [5.74, 6) is 0.773. The first-order chi connectivity index (χ1) is 10.2. The first kappa shape index (κ1) is 13.0. The highest BCUT2D eigenvalue weighted by Crippen LogP contribution is 2.35. The van der Waals surface area contributed by atoms with Crippen molar-refractivity contribution in [3.8, 4) is 0 Å². The normalized spacial score (nSPS) is 27.0. The van der Waals surface area contributed by atoms with Crippen molar-refractivity contribution in [2.75, 3.05) is 37.3 Å². The molecule has 112 valence electrons. The minimum Gasteiger partial charge on any atom is -0.397 e. The lowest BCUT2D eigenvalue weighted by Gasteiger charge is -2.46. The van der Waals surface area contributed by atoms with Gasteiger partial charge in [0.2, 0.25) is 0 Å². The van der Waals surface area contributed by atoms with Crippen LogP contribution in [-0.4, -0.2) is 47.8 Å². The topological polar surface area (TPSA) is 61.2 Å². The lowest BCUT2D eigenvalue weighted by atomic mass is 9.84. The smallest absolute Gasteiger partial charge is 0.0672 e. The van der Waals surface area contributed by atoms with Gasteiger partial charge in [0.05, 0.1) is 23.1 Å². The first-order valence-electron chi connectivity index (χ1n) is 7.90. The number of likely N-dealkylation sites (tertiary alicyclic amines) is 1. The van der Waals surface area contributed by atoms with Crippen LogP contribution in [0.5, 0.6) is 0 Å². The van der Waals surface area contributed by atoms with Gasteiger partial charge in [-0.3, -0.25) is 5.10 Å².